The van der Waals surface area contributed by atoms with Gasteiger partial charge in [-0.05, 0) is 17.0 Å². The number of alkyl halides is 1. The van der Waals surface area contributed by atoms with Gasteiger partial charge in [0.25, 0.3) is 0 Å². The molecule has 0 aliphatic heterocycles. The maximum Gasteiger partial charge on any atom is 0.188 e. The predicted molar refractivity (Wildman–Crippen MR) is 79.3 cm³/mol. The summed E-state index contributed by atoms with van der Waals surface area (Å²) in [7, 11) is -3.19. The second-order valence-corrected chi connectivity index (χ2v) is 7.83. The smallest absolute Gasteiger partial charge is 0.188 e. The van der Waals surface area contributed by atoms with Crippen LogP contribution in [0.4, 0.5) is 0 Å². The lowest BCUT2D eigenvalue weighted by atomic mass is 10.0. The van der Waals surface area contributed by atoms with Crippen LogP contribution in [0.2, 0.25) is 0 Å². The van der Waals surface area contributed by atoms with Crippen molar-refractivity contribution in [3.63, 3.8) is 0 Å². The summed E-state index contributed by atoms with van der Waals surface area (Å²) in [5.41, 5.74) is 1.05. The van der Waals surface area contributed by atoms with Crippen molar-refractivity contribution in [1.82, 2.24) is 0 Å². The van der Waals surface area contributed by atoms with Crippen molar-refractivity contribution in [1.29, 1.82) is 0 Å². The van der Waals surface area contributed by atoms with Gasteiger partial charge in [-0.3, -0.25) is 0 Å². The zero-order valence-corrected chi connectivity index (χ0v) is 12.8. The summed E-state index contributed by atoms with van der Waals surface area (Å²) in [6.07, 6.45) is 0. The second-order valence-electron chi connectivity index (χ2n) is 3.98. The second kappa shape index (κ2) is 5.99. The molecule has 0 N–H and O–H groups in total. The first-order chi connectivity index (χ1) is 8.63. The van der Waals surface area contributed by atoms with Crippen LogP contribution in [0.5, 0.6) is 0 Å². The van der Waals surface area contributed by atoms with E-state index in [9.17, 15) is 8.42 Å². The van der Waals surface area contributed by atoms with Gasteiger partial charge in [-0.2, -0.15) is 0 Å². The van der Waals surface area contributed by atoms with Crippen LogP contribution in [0.15, 0.2) is 52.1 Å². The first-order valence-corrected chi connectivity index (χ1v) is 9.16. The summed E-state index contributed by atoms with van der Waals surface area (Å²) in [6.45, 7) is 0. The van der Waals surface area contributed by atoms with E-state index in [0.29, 0.717) is 9.54 Å². The number of sulfone groups is 1. The fourth-order valence-corrected chi connectivity index (χ4v) is 5.34. The summed E-state index contributed by atoms with van der Waals surface area (Å²) < 4.78 is 24.9. The van der Waals surface area contributed by atoms with Crippen LogP contribution in [0.3, 0.4) is 0 Å². The highest BCUT2D eigenvalue weighted by molar-refractivity contribution is 9.09. The summed E-state index contributed by atoms with van der Waals surface area (Å²) in [5, 5.41) is 2.43. The number of hydrogen-bond donors (Lipinski definition) is 0. The summed E-state index contributed by atoms with van der Waals surface area (Å²) >= 11 is 4.68. The number of benzene rings is 1. The van der Waals surface area contributed by atoms with Crippen molar-refractivity contribution in [2.75, 3.05) is 11.1 Å². The lowest BCUT2D eigenvalue weighted by Crippen LogP contribution is -2.15. The van der Waals surface area contributed by atoms with Crippen LogP contribution in [0, 0.1) is 0 Å². The summed E-state index contributed by atoms with van der Waals surface area (Å²) in [5.74, 6) is 0.126. The van der Waals surface area contributed by atoms with E-state index in [-0.39, 0.29) is 11.7 Å². The van der Waals surface area contributed by atoms with Crippen molar-refractivity contribution in [3.8, 4) is 0 Å². The normalized spacial score (nSPS) is 13.4. The molecule has 0 spiro atoms. The summed E-state index contributed by atoms with van der Waals surface area (Å²) in [4.78, 5) is 0. The molecular weight excluding hydrogens is 332 g/mol. The van der Waals surface area contributed by atoms with Crippen LogP contribution in [-0.4, -0.2) is 19.5 Å². The minimum absolute atomic E-state index is 0.0155. The third-order valence-electron chi connectivity index (χ3n) is 2.68. The first-order valence-electron chi connectivity index (χ1n) is 5.50. The molecule has 0 radical (unpaired) electrons. The van der Waals surface area contributed by atoms with Crippen molar-refractivity contribution in [2.24, 2.45) is 0 Å². The summed E-state index contributed by atoms with van der Waals surface area (Å²) in [6, 6.07) is 13.2. The van der Waals surface area contributed by atoms with Gasteiger partial charge < -0.3 is 0 Å². The van der Waals surface area contributed by atoms with Gasteiger partial charge in [0, 0.05) is 11.2 Å². The van der Waals surface area contributed by atoms with Gasteiger partial charge in [0.1, 0.15) is 4.21 Å². The van der Waals surface area contributed by atoms with Gasteiger partial charge in [0.15, 0.2) is 9.84 Å². The molecule has 0 aliphatic rings. The number of hydrogen-bond acceptors (Lipinski definition) is 3. The lowest BCUT2D eigenvalue weighted by Gasteiger charge is -2.14. The molecule has 1 aromatic carbocycles. The molecule has 2 rings (SSSR count). The molecule has 0 saturated carbocycles. The largest absolute Gasteiger partial charge is 0.223 e. The molecule has 2 aromatic rings. The molecule has 1 heterocycles. The molecule has 1 aromatic heterocycles. The van der Waals surface area contributed by atoms with Crippen molar-refractivity contribution in [3.05, 3.63) is 53.4 Å². The van der Waals surface area contributed by atoms with Crippen LogP contribution < -0.4 is 0 Å². The monoisotopic (exact) mass is 344 g/mol. The molecule has 96 valence electrons. The molecule has 0 saturated heterocycles. The van der Waals surface area contributed by atoms with Gasteiger partial charge in [-0.15, -0.1) is 11.3 Å². The zero-order chi connectivity index (χ0) is 13.0. The molecule has 2 nitrogen and oxygen atoms in total. The lowest BCUT2D eigenvalue weighted by molar-refractivity contribution is 0.593. The van der Waals surface area contributed by atoms with Gasteiger partial charge >= 0.3 is 0 Å². The van der Waals surface area contributed by atoms with Crippen molar-refractivity contribution >= 4 is 37.1 Å². The third kappa shape index (κ3) is 3.22. The van der Waals surface area contributed by atoms with E-state index >= 15 is 0 Å². The Hall–Kier alpha value is -0.650. The fraction of sp³-hybridized carbons (Fsp3) is 0.231. The van der Waals surface area contributed by atoms with Crippen molar-refractivity contribution < 1.29 is 8.42 Å². The standard InChI is InChI=1S/C13H13BrO2S2/c14-9-12(11-5-2-1-3-6-11)10-18(15,16)13-7-4-8-17-13/h1-8,12H,9-10H2. The molecule has 0 bridgehead atoms. The molecule has 1 unspecified atom stereocenters. The number of halogens is 1. The van der Waals surface area contributed by atoms with E-state index in [1.807, 2.05) is 30.3 Å². The highest BCUT2D eigenvalue weighted by atomic mass is 79.9. The average molecular weight is 345 g/mol. The SMILES string of the molecule is O=S(=O)(CC(CBr)c1ccccc1)c1cccs1. The van der Waals surface area contributed by atoms with Crippen LogP contribution >= 0.6 is 27.3 Å². The Bertz CT molecular complexity index is 577. The Balaban J connectivity index is 2.22. The Morgan fingerprint density at radius 2 is 1.83 bits per heavy atom. The maximum absolute atomic E-state index is 12.2. The Labute approximate surface area is 120 Å². The minimum Gasteiger partial charge on any atom is -0.223 e. The molecule has 0 aliphatic carbocycles. The van der Waals surface area contributed by atoms with Gasteiger partial charge in [-0.25, -0.2) is 8.42 Å². The van der Waals surface area contributed by atoms with E-state index in [1.54, 1.807) is 17.5 Å². The number of thiophene rings is 1. The third-order valence-corrected chi connectivity index (χ3v) is 6.76. The van der Waals surface area contributed by atoms with E-state index in [0.717, 1.165) is 5.56 Å². The van der Waals surface area contributed by atoms with Gasteiger partial charge in [0.05, 0.1) is 5.75 Å². The van der Waals surface area contributed by atoms with Gasteiger partial charge in [-0.1, -0.05) is 52.3 Å². The highest BCUT2D eigenvalue weighted by Crippen LogP contribution is 2.25. The van der Waals surface area contributed by atoms with Crippen LogP contribution in [0.25, 0.3) is 0 Å². The maximum atomic E-state index is 12.2. The molecule has 5 heteroatoms. The number of rotatable bonds is 5. The van der Waals surface area contributed by atoms with Crippen LogP contribution in [-0.2, 0) is 9.84 Å². The molecule has 18 heavy (non-hydrogen) atoms. The van der Waals surface area contributed by atoms with E-state index in [4.69, 9.17) is 0 Å². The predicted octanol–water partition coefficient (Wildman–Crippen LogP) is 3.70. The first kappa shape index (κ1) is 13.8. The van der Waals surface area contributed by atoms with E-state index in [2.05, 4.69) is 15.9 Å². The Morgan fingerprint density at radius 3 is 2.39 bits per heavy atom. The average Bonchev–Trinajstić information content (AvgIpc) is 2.92. The Morgan fingerprint density at radius 1 is 1.11 bits per heavy atom. The zero-order valence-electron chi connectivity index (χ0n) is 9.62. The van der Waals surface area contributed by atoms with Gasteiger partial charge in [0.2, 0.25) is 0 Å². The van der Waals surface area contributed by atoms with E-state index in [1.165, 1.54) is 11.3 Å². The van der Waals surface area contributed by atoms with Crippen LogP contribution in [0.1, 0.15) is 11.5 Å². The molecule has 0 amide bonds. The highest BCUT2D eigenvalue weighted by Gasteiger charge is 2.22. The molecule has 0 fully saturated rings. The fourth-order valence-electron chi connectivity index (χ4n) is 1.74. The van der Waals surface area contributed by atoms with Crippen molar-refractivity contribution in [2.45, 2.75) is 10.1 Å². The topological polar surface area (TPSA) is 34.1 Å². The Kier molecular flexibility index (Phi) is 4.59. The quantitative estimate of drug-likeness (QED) is 0.775. The minimum atomic E-state index is -3.19. The molecule has 1 atom stereocenters. The molecular formula is C13H13BrO2S2. The van der Waals surface area contributed by atoms with E-state index < -0.39 is 9.84 Å².